The fourth-order valence-electron chi connectivity index (χ4n) is 3.82. The Balaban J connectivity index is 1.52. The molecule has 0 spiro atoms. The fraction of sp³-hybridized carbons (Fsp3) is 0.474. The molecule has 4 rings (SSSR count). The van der Waals surface area contributed by atoms with Crippen molar-refractivity contribution < 1.29 is 22.2 Å². The summed E-state index contributed by atoms with van der Waals surface area (Å²) in [5.74, 6) is 1.51. The zero-order valence-electron chi connectivity index (χ0n) is 16.0. The van der Waals surface area contributed by atoms with Crippen LogP contribution in [0.4, 0.5) is 0 Å². The second-order valence-corrected chi connectivity index (χ2v) is 10.0. The van der Waals surface area contributed by atoms with Crippen LogP contribution in [0.1, 0.15) is 36.5 Å². The Hall–Kier alpha value is -1.97. The Morgan fingerprint density at radius 1 is 1.32 bits per heavy atom. The quantitative estimate of drug-likeness (QED) is 0.613. The van der Waals surface area contributed by atoms with E-state index in [4.69, 9.17) is 21.1 Å². The van der Waals surface area contributed by atoms with E-state index >= 15 is 0 Å². The molecule has 150 valence electrons. The molecule has 3 heterocycles. The second kappa shape index (κ2) is 7.46. The number of fused-ring (bicyclic) bond motifs is 1. The van der Waals surface area contributed by atoms with E-state index in [1.165, 1.54) is 10.5 Å². The number of hydrogen-bond acceptors (Lipinski definition) is 6. The number of aromatic nitrogens is 2. The predicted octanol–water partition coefficient (Wildman–Crippen LogP) is 2.09. The van der Waals surface area contributed by atoms with Crippen molar-refractivity contribution in [1.82, 2.24) is 9.78 Å². The van der Waals surface area contributed by atoms with Gasteiger partial charge in [-0.2, -0.15) is 4.68 Å². The maximum absolute atomic E-state index is 11.7. The van der Waals surface area contributed by atoms with E-state index in [1.54, 1.807) is 4.68 Å². The van der Waals surface area contributed by atoms with Crippen molar-refractivity contribution in [3.05, 3.63) is 46.3 Å². The van der Waals surface area contributed by atoms with Crippen molar-refractivity contribution in [2.24, 2.45) is 0 Å². The van der Waals surface area contributed by atoms with Crippen molar-refractivity contribution in [1.29, 1.82) is 0 Å². The normalized spacial score (nSPS) is 20.0. The average molecular weight is 423 g/mol. The molecule has 1 aliphatic heterocycles. The Morgan fingerprint density at radius 2 is 2.11 bits per heavy atom. The van der Waals surface area contributed by atoms with Crippen LogP contribution in [0.15, 0.2) is 33.1 Å². The van der Waals surface area contributed by atoms with Gasteiger partial charge in [0, 0.05) is 11.8 Å². The number of quaternary nitrogens is 1. The van der Waals surface area contributed by atoms with Crippen LogP contribution in [-0.4, -0.2) is 36.8 Å². The summed E-state index contributed by atoms with van der Waals surface area (Å²) in [5.41, 5.74) is 2.11. The summed E-state index contributed by atoms with van der Waals surface area (Å²) in [6, 6.07) is 8.07. The molecule has 1 aliphatic rings. The number of furan rings is 1. The van der Waals surface area contributed by atoms with Gasteiger partial charge in [0.1, 0.15) is 17.9 Å². The lowest BCUT2D eigenvalue weighted by molar-refractivity contribution is -0.917. The third kappa shape index (κ3) is 3.78. The van der Waals surface area contributed by atoms with Crippen molar-refractivity contribution >= 4 is 33.0 Å². The lowest BCUT2D eigenvalue weighted by Gasteiger charge is -2.13. The summed E-state index contributed by atoms with van der Waals surface area (Å²) in [6.45, 7) is 3.39. The minimum atomic E-state index is -2.99. The van der Waals surface area contributed by atoms with Gasteiger partial charge in [0.15, 0.2) is 16.5 Å². The lowest BCUT2D eigenvalue weighted by Crippen LogP contribution is -3.07. The van der Waals surface area contributed by atoms with Crippen LogP contribution >= 0.6 is 12.2 Å². The summed E-state index contributed by atoms with van der Waals surface area (Å²) < 4.78 is 36.7. The van der Waals surface area contributed by atoms with E-state index in [0.717, 1.165) is 29.7 Å². The zero-order valence-corrected chi connectivity index (χ0v) is 17.6. The van der Waals surface area contributed by atoms with E-state index in [0.29, 0.717) is 19.0 Å². The summed E-state index contributed by atoms with van der Waals surface area (Å²) in [5, 5.41) is 5.61. The summed E-state index contributed by atoms with van der Waals surface area (Å²) in [7, 11) is -0.925. The molecule has 7 nitrogen and oxygen atoms in total. The molecular weight excluding hydrogens is 398 g/mol. The first-order valence-electron chi connectivity index (χ1n) is 9.45. The van der Waals surface area contributed by atoms with Gasteiger partial charge in [-0.05, 0) is 24.7 Å². The number of sulfone groups is 1. The van der Waals surface area contributed by atoms with Crippen LogP contribution in [-0.2, 0) is 29.5 Å². The minimum absolute atomic E-state index is 0.0891. The lowest BCUT2D eigenvalue weighted by atomic mass is 10.1. The van der Waals surface area contributed by atoms with E-state index in [2.05, 4.69) is 25.1 Å². The Labute approximate surface area is 168 Å². The van der Waals surface area contributed by atoms with Gasteiger partial charge in [-0.25, -0.2) is 8.42 Å². The molecule has 3 aromatic rings. The standard InChI is InChI=1S/C19H23N3O4S2/c1-3-16-15(14-6-4-5-7-17(14)25-16)10-21(2)12-22-19(27)26-18(20-22)13-8-9-28(23,24)11-13/h4-7,13H,3,8-12H2,1-2H3/p+1/t13-/m1/s1. The number of para-hydroxylation sites is 1. The van der Waals surface area contributed by atoms with Crippen molar-refractivity contribution in [3.63, 3.8) is 0 Å². The highest BCUT2D eigenvalue weighted by atomic mass is 32.2. The second-order valence-electron chi connectivity index (χ2n) is 7.45. The van der Waals surface area contributed by atoms with Crippen LogP contribution in [0.25, 0.3) is 11.0 Å². The van der Waals surface area contributed by atoms with Gasteiger partial charge >= 0.3 is 0 Å². The topological polar surface area (TPSA) is 82.7 Å². The molecule has 9 heteroatoms. The molecule has 0 radical (unpaired) electrons. The molecular formula is C19H24N3O4S2+. The summed E-state index contributed by atoms with van der Waals surface area (Å²) in [6.07, 6.45) is 1.38. The van der Waals surface area contributed by atoms with Gasteiger partial charge in [-0.3, -0.25) is 0 Å². The molecule has 28 heavy (non-hydrogen) atoms. The first-order valence-corrected chi connectivity index (χ1v) is 11.7. The molecule has 0 aliphatic carbocycles. The average Bonchev–Trinajstić information content (AvgIpc) is 3.31. The number of nitrogens with one attached hydrogen (secondary N) is 1. The zero-order chi connectivity index (χ0) is 19.9. The fourth-order valence-corrected chi connectivity index (χ4v) is 5.74. The van der Waals surface area contributed by atoms with E-state index in [1.807, 2.05) is 18.2 Å². The van der Waals surface area contributed by atoms with Gasteiger partial charge in [0.05, 0.1) is 30.0 Å². The Bertz CT molecular complexity index is 1160. The molecule has 1 saturated heterocycles. The Kier molecular flexibility index (Phi) is 5.15. The van der Waals surface area contributed by atoms with Crippen molar-refractivity contribution in [2.45, 2.75) is 38.9 Å². The van der Waals surface area contributed by atoms with Crippen LogP contribution in [0.3, 0.4) is 0 Å². The third-order valence-corrected chi connectivity index (χ3v) is 7.27. The van der Waals surface area contributed by atoms with Crippen molar-refractivity contribution in [3.8, 4) is 0 Å². The van der Waals surface area contributed by atoms with Crippen molar-refractivity contribution in [2.75, 3.05) is 18.6 Å². The molecule has 0 amide bonds. The van der Waals surface area contributed by atoms with Crippen LogP contribution in [0.5, 0.6) is 0 Å². The SMILES string of the molecule is CCc1oc2ccccc2c1C[NH+](C)Cn1nc([C@@H]2CCS(=O)(=O)C2)oc1=S. The molecule has 1 N–H and O–H groups in total. The van der Waals surface area contributed by atoms with E-state index in [-0.39, 0.29) is 22.3 Å². The van der Waals surface area contributed by atoms with E-state index in [9.17, 15) is 8.42 Å². The minimum Gasteiger partial charge on any atom is -0.461 e. The molecule has 0 saturated carbocycles. The molecule has 0 bridgehead atoms. The highest BCUT2D eigenvalue weighted by Gasteiger charge is 2.33. The summed E-state index contributed by atoms with van der Waals surface area (Å²) >= 11 is 5.31. The number of rotatable bonds is 6. The number of nitrogens with zero attached hydrogens (tertiary/aromatic N) is 2. The largest absolute Gasteiger partial charge is 0.461 e. The molecule has 1 aromatic carbocycles. The third-order valence-electron chi connectivity index (χ3n) is 5.20. The maximum Gasteiger partial charge on any atom is 0.291 e. The number of hydrogen-bond donors (Lipinski definition) is 1. The first kappa shape index (κ1) is 19.4. The highest BCUT2D eigenvalue weighted by molar-refractivity contribution is 7.91. The van der Waals surface area contributed by atoms with Crippen LogP contribution in [0.2, 0.25) is 0 Å². The smallest absolute Gasteiger partial charge is 0.291 e. The van der Waals surface area contributed by atoms with Crippen LogP contribution < -0.4 is 4.90 Å². The molecule has 2 atom stereocenters. The summed E-state index contributed by atoms with van der Waals surface area (Å²) in [4.78, 5) is 1.46. The molecule has 2 aromatic heterocycles. The molecule has 1 unspecified atom stereocenters. The van der Waals surface area contributed by atoms with Gasteiger partial charge in [0.25, 0.3) is 4.84 Å². The first-order chi connectivity index (χ1) is 13.4. The van der Waals surface area contributed by atoms with E-state index < -0.39 is 9.84 Å². The molecule has 1 fully saturated rings. The maximum atomic E-state index is 11.7. The highest BCUT2D eigenvalue weighted by Crippen LogP contribution is 2.28. The number of aryl methyl sites for hydroxylation is 1. The Morgan fingerprint density at radius 3 is 2.82 bits per heavy atom. The van der Waals surface area contributed by atoms with Crippen LogP contribution in [0, 0.1) is 4.84 Å². The van der Waals surface area contributed by atoms with Gasteiger partial charge in [-0.15, -0.1) is 5.10 Å². The monoisotopic (exact) mass is 422 g/mol. The van der Waals surface area contributed by atoms with Gasteiger partial charge in [0.2, 0.25) is 5.89 Å². The number of benzene rings is 1. The van der Waals surface area contributed by atoms with Gasteiger partial charge < -0.3 is 13.7 Å². The van der Waals surface area contributed by atoms with Gasteiger partial charge in [-0.1, -0.05) is 25.1 Å². The predicted molar refractivity (Wildman–Crippen MR) is 108 cm³/mol.